The minimum absolute atomic E-state index is 0.288. The number of hydrogen-bond acceptors (Lipinski definition) is 4. The first kappa shape index (κ1) is 16.7. The van der Waals surface area contributed by atoms with Crippen molar-refractivity contribution >= 4 is 5.71 Å². The molecule has 0 saturated heterocycles. The van der Waals surface area contributed by atoms with Crippen LogP contribution < -0.4 is 4.74 Å². The SMILES string of the molecule is Cc1cccnc1OCC(=NOCc1ccccc1)c1ccccc1. The molecule has 0 aliphatic heterocycles. The van der Waals surface area contributed by atoms with Gasteiger partial charge in [-0.05, 0) is 18.6 Å². The lowest BCUT2D eigenvalue weighted by Crippen LogP contribution is -2.14. The Kier molecular flexibility index (Phi) is 5.77. The monoisotopic (exact) mass is 332 g/mol. The Balaban J connectivity index is 1.71. The van der Waals surface area contributed by atoms with Crippen molar-refractivity contribution in [3.8, 4) is 5.88 Å². The van der Waals surface area contributed by atoms with Gasteiger partial charge in [0, 0.05) is 17.3 Å². The fourth-order valence-corrected chi connectivity index (χ4v) is 2.31. The third kappa shape index (κ3) is 4.91. The van der Waals surface area contributed by atoms with Gasteiger partial charge in [0.05, 0.1) is 0 Å². The molecule has 4 nitrogen and oxygen atoms in total. The van der Waals surface area contributed by atoms with Crippen LogP contribution in [-0.2, 0) is 11.4 Å². The fraction of sp³-hybridized carbons (Fsp3) is 0.143. The van der Waals surface area contributed by atoms with Crippen molar-refractivity contribution in [2.75, 3.05) is 6.61 Å². The van der Waals surface area contributed by atoms with E-state index in [1.54, 1.807) is 6.20 Å². The Morgan fingerprint density at radius 3 is 2.36 bits per heavy atom. The van der Waals surface area contributed by atoms with E-state index < -0.39 is 0 Å². The number of oxime groups is 1. The molecule has 0 spiro atoms. The van der Waals surface area contributed by atoms with Crippen LogP contribution in [0.15, 0.2) is 84.1 Å². The van der Waals surface area contributed by atoms with Crippen molar-refractivity contribution in [1.82, 2.24) is 4.98 Å². The van der Waals surface area contributed by atoms with Crippen LogP contribution in [0.2, 0.25) is 0 Å². The first-order valence-electron chi connectivity index (χ1n) is 8.15. The summed E-state index contributed by atoms with van der Waals surface area (Å²) in [6.07, 6.45) is 1.72. The number of aryl methyl sites for hydroxylation is 1. The van der Waals surface area contributed by atoms with Crippen LogP contribution >= 0.6 is 0 Å². The van der Waals surface area contributed by atoms with Gasteiger partial charge in [-0.3, -0.25) is 0 Å². The van der Waals surface area contributed by atoms with Crippen molar-refractivity contribution in [1.29, 1.82) is 0 Å². The summed E-state index contributed by atoms with van der Waals surface area (Å²) in [6.45, 7) is 2.67. The average molecular weight is 332 g/mol. The fourth-order valence-electron chi connectivity index (χ4n) is 2.31. The van der Waals surface area contributed by atoms with Crippen molar-refractivity contribution in [2.45, 2.75) is 13.5 Å². The molecule has 0 saturated carbocycles. The van der Waals surface area contributed by atoms with E-state index in [-0.39, 0.29) is 6.61 Å². The van der Waals surface area contributed by atoms with Gasteiger partial charge in [0.15, 0.2) is 0 Å². The van der Waals surface area contributed by atoms with Gasteiger partial charge in [-0.1, -0.05) is 71.9 Å². The molecule has 1 aromatic heterocycles. The highest BCUT2D eigenvalue weighted by Crippen LogP contribution is 2.13. The first-order chi connectivity index (χ1) is 12.3. The summed E-state index contributed by atoms with van der Waals surface area (Å²) in [4.78, 5) is 9.80. The van der Waals surface area contributed by atoms with E-state index in [1.807, 2.05) is 79.7 Å². The van der Waals surface area contributed by atoms with Crippen LogP contribution in [0.5, 0.6) is 5.88 Å². The highest BCUT2D eigenvalue weighted by Gasteiger charge is 2.08. The summed E-state index contributed by atoms with van der Waals surface area (Å²) in [6, 6.07) is 23.7. The Morgan fingerprint density at radius 1 is 0.920 bits per heavy atom. The number of nitrogens with zero attached hydrogens (tertiary/aromatic N) is 2. The smallest absolute Gasteiger partial charge is 0.216 e. The molecule has 126 valence electrons. The van der Waals surface area contributed by atoms with Gasteiger partial charge in [0.25, 0.3) is 0 Å². The number of hydrogen-bond donors (Lipinski definition) is 0. The number of aromatic nitrogens is 1. The maximum atomic E-state index is 5.83. The van der Waals surface area contributed by atoms with E-state index in [1.165, 1.54) is 0 Å². The van der Waals surface area contributed by atoms with E-state index in [0.717, 1.165) is 22.4 Å². The van der Waals surface area contributed by atoms with Crippen molar-refractivity contribution in [3.05, 3.63) is 95.7 Å². The molecule has 25 heavy (non-hydrogen) atoms. The number of benzene rings is 2. The Bertz CT molecular complexity index is 818. The third-order valence-electron chi connectivity index (χ3n) is 3.66. The van der Waals surface area contributed by atoms with Gasteiger partial charge >= 0.3 is 0 Å². The quantitative estimate of drug-likeness (QED) is 0.476. The minimum atomic E-state index is 0.288. The minimum Gasteiger partial charge on any atom is -0.471 e. The zero-order valence-corrected chi connectivity index (χ0v) is 14.1. The first-order valence-corrected chi connectivity index (χ1v) is 8.15. The molecule has 0 radical (unpaired) electrons. The van der Waals surface area contributed by atoms with Crippen LogP contribution in [0.25, 0.3) is 0 Å². The lowest BCUT2D eigenvalue weighted by atomic mass is 10.1. The second-order valence-electron chi connectivity index (χ2n) is 5.58. The van der Waals surface area contributed by atoms with Gasteiger partial charge in [-0.25, -0.2) is 4.98 Å². The molecule has 3 rings (SSSR count). The van der Waals surface area contributed by atoms with Crippen molar-refractivity contribution in [2.24, 2.45) is 5.16 Å². The molecule has 4 heteroatoms. The molecule has 0 aliphatic carbocycles. The van der Waals surface area contributed by atoms with Crippen molar-refractivity contribution in [3.63, 3.8) is 0 Å². The molecule has 0 fully saturated rings. The number of pyridine rings is 1. The van der Waals surface area contributed by atoms with Crippen LogP contribution in [-0.4, -0.2) is 17.3 Å². The van der Waals surface area contributed by atoms with Gasteiger partial charge in [0.2, 0.25) is 5.88 Å². The van der Waals surface area contributed by atoms with E-state index >= 15 is 0 Å². The molecular formula is C21H20N2O2. The van der Waals surface area contributed by atoms with Crippen LogP contribution in [0.1, 0.15) is 16.7 Å². The summed E-state index contributed by atoms with van der Waals surface area (Å²) in [5.74, 6) is 0.606. The Morgan fingerprint density at radius 2 is 1.64 bits per heavy atom. The van der Waals surface area contributed by atoms with Crippen molar-refractivity contribution < 1.29 is 9.57 Å². The molecular weight excluding hydrogens is 312 g/mol. The summed E-state index contributed by atoms with van der Waals surface area (Å²) in [5, 5.41) is 4.30. The lowest BCUT2D eigenvalue weighted by Gasteiger charge is -2.10. The standard InChI is InChI=1S/C21H20N2O2/c1-17-9-8-14-22-21(17)24-16-20(19-12-6-3-7-13-19)23-25-15-18-10-4-2-5-11-18/h2-14H,15-16H2,1H3. The second-order valence-corrected chi connectivity index (χ2v) is 5.58. The Labute approximate surface area is 147 Å². The van der Waals surface area contributed by atoms with Gasteiger partial charge in [-0.15, -0.1) is 0 Å². The third-order valence-corrected chi connectivity index (χ3v) is 3.66. The van der Waals surface area contributed by atoms with Gasteiger partial charge < -0.3 is 9.57 Å². The van der Waals surface area contributed by atoms with Gasteiger partial charge in [-0.2, -0.15) is 0 Å². The predicted octanol–water partition coefficient (Wildman–Crippen LogP) is 4.39. The largest absolute Gasteiger partial charge is 0.471 e. The van der Waals surface area contributed by atoms with Crippen LogP contribution in [0.4, 0.5) is 0 Å². The average Bonchev–Trinajstić information content (AvgIpc) is 2.67. The summed E-state index contributed by atoms with van der Waals surface area (Å²) >= 11 is 0. The lowest BCUT2D eigenvalue weighted by molar-refractivity contribution is 0.129. The predicted molar refractivity (Wildman–Crippen MR) is 98.7 cm³/mol. The van der Waals surface area contributed by atoms with E-state index in [4.69, 9.17) is 9.57 Å². The zero-order chi connectivity index (χ0) is 17.3. The highest BCUT2D eigenvalue weighted by atomic mass is 16.6. The molecule has 0 atom stereocenters. The van der Waals surface area contributed by atoms with E-state index in [0.29, 0.717) is 12.5 Å². The second kappa shape index (κ2) is 8.64. The molecule has 2 aromatic carbocycles. The molecule has 0 aliphatic rings. The van der Waals surface area contributed by atoms with Gasteiger partial charge in [0.1, 0.15) is 18.9 Å². The highest BCUT2D eigenvalue weighted by molar-refractivity contribution is 6.01. The molecule has 0 unspecified atom stereocenters. The molecule has 0 amide bonds. The van der Waals surface area contributed by atoms with E-state index in [2.05, 4.69) is 10.1 Å². The summed E-state index contributed by atoms with van der Waals surface area (Å²) < 4.78 is 5.83. The zero-order valence-electron chi connectivity index (χ0n) is 14.1. The number of rotatable bonds is 7. The summed E-state index contributed by atoms with van der Waals surface area (Å²) in [7, 11) is 0. The Hall–Kier alpha value is -3.14. The summed E-state index contributed by atoms with van der Waals surface area (Å²) in [5.41, 5.74) is 3.74. The molecule has 1 heterocycles. The molecule has 3 aromatic rings. The van der Waals surface area contributed by atoms with E-state index in [9.17, 15) is 0 Å². The maximum Gasteiger partial charge on any atom is 0.216 e. The maximum absolute atomic E-state index is 5.83. The van der Waals surface area contributed by atoms with Crippen LogP contribution in [0, 0.1) is 6.92 Å². The topological polar surface area (TPSA) is 43.7 Å². The number of ether oxygens (including phenoxy) is 1. The normalized spacial score (nSPS) is 11.2. The molecule has 0 bridgehead atoms. The van der Waals surface area contributed by atoms with Crippen LogP contribution in [0.3, 0.4) is 0 Å². The molecule has 0 N–H and O–H groups in total.